The van der Waals surface area contributed by atoms with Crippen molar-refractivity contribution in [2.45, 2.75) is 6.92 Å². The van der Waals surface area contributed by atoms with E-state index in [9.17, 15) is 14.9 Å². The van der Waals surface area contributed by atoms with Crippen molar-refractivity contribution in [2.24, 2.45) is 0 Å². The molecule has 96 valence electrons. The first-order chi connectivity index (χ1) is 8.58. The molecule has 0 spiro atoms. The van der Waals surface area contributed by atoms with Crippen LogP contribution in [0.1, 0.15) is 12.5 Å². The van der Waals surface area contributed by atoms with E-state index in [0.29, 0.717) is 5.75 Å². The molecule has 0 aliphatic carbocycles. The quantitative estimate of drug-likeness (QED) is 0.347. The second kappa shape index (κ2) is 6.39. The SMILES string of the molecule is CCOC(=O)C=Cc1cc(OC)ccc1[N+](=O)[O-]. The average molecular weight is 251 g/mol. The predicted octanol–water partition coefficient (Wildman–Crippen LogP) is 2.18. The molecule has 0 aliphatic rings. The summed E-state index contributed by atoms with van der Waals surface area (Å²) in [5.74, 6) is -0.0706. The van der Waals surface area contributed by atoms with E-state index in [1.807, 2.05) is 0 Å². The highest BCUT2D eigenvalue weighted by molar-refractivity contribution is 5.88. The zero-order valence-corrected chi connectivity index (χ0v) is 10.1. The highest BCUT2D eigenvalue weighted by Gasteiger charge is 2.12. The van der Waals surface area contributed by atoms with Crippen LogP contribution in [-0.4, -0.2) is 24.6 Å². The lowest BCUT2D eigenvalue weighted by atomic mass is 10.1. The molecule has 0 heterocycles. The van der Waals surface area contributed by atoms with Gasteiger partial charge in [-0.1, -0.05) is 0 Å². The van der Waals surface area contributed by atoms with Gasteiger partial charge in [-0.3, -0.25) is 10.1 Å². The molecule has 0 saturated carbocycles. The van der Waals surface area contributed by atoms with Gasteiger partial charge >= 0.3 is 5.97 Å². The normalized spacial score (nSPS) is 10.3. The maximum absolute atomic E-state index is 11.1. The number of methoxy groups -OCH3 is 1. The minimum atomic E-state index is -0.547. The smallest absolute Gasteiger partial charge is 0.330 e. The van der Waals surface area contributed by atoms with E-state index < -0.39 is 10.9 Å². The highest BCUT2D eigenvalue weighted by Crippen LogP contribution is 2.25. The van der Waals surface area contributed by atoms with Gasteiger partial charge in [-0.15, -0.1) is 0 Å². The lowest BCUT2D eigenvalue weighted by molar-refractivity contribution is -0.385. The summed E-state index contributed by atoms with van der Waals surface area (Å²) in [6.45, 7) is 1.93. The van der Waals surface area contributed by atoms with E-state index in [-0.39, 0.29) is 17.9 Å². The third kappa shape index (κ3) is 3.58. The van der Waals surface area contributed by atoms with Crippen LogP contribution in [-0.2, 0) is 9.53 Å². The van der Waals surface area contributed by atoms with Crippen molar-refractivity contribution in [3.05, 3.63) is 40.0 Å². The number of rotatable bonds is 5. The lowest BCUT2D eigenvalue weighted by Gasteiger charge is -2.02. The second-order valence-corrected chi connectivity index (χ2v) is 3.27. The van der Waals surface area contributed by atoms with Gasteiger partial charge in [-0.25, -0.2) is 4.79 Å². The summed E-state index contributed by atoms with van der Waals surface area (Å²) >= 11 is 0. The monoisotopic (exact) mass is 251 g/mol. The first kappa shape index (κ1) is 13.7. The third-order valence-electron chi connectivity index (χ3n) is 2.12. The number of ether oxygens (including phenoxy) is 2. The summed E-state index contributed by atoms with van der Waals surface area (Å²) in [6.07, 6.45) is 2.48. The van der Waals surface area contributed by atoms with Crippen LogP contribution in [0, 0.1) is 10.1 Å². The molecule has 1 aromatic rings. The molecule has 0 fully saturated rings. The molecule has 0 unspecified atom stereocenters. The summed E-state index contributed by atoms with van der Waals surface area (Å²) in [5.41, 5.74) is 0.184. The van der Waals surface area contributed by atoms with Crippen LogP contribution in [0.4, 0.5) is 5.69 Å². The number of nitro benzene ring substituents is 1. The molecule has 0 N–H and O–H groups in total. The number of carbonyl (C=O) groups excluding carboxylic acids is 1. The van der Waals surface area contributed by atoms with E-state index in [2.05, 4.69) is 0 Å². The van der Waals surface area contributed by atoms with E-state index >= 15 is 0 Å². The molecule has 6 nitrogen and oxygen atoms in total. The molecule has 0 aromatic heterocycles. The fourth-order valence-electron chi connectivity index (χ4n) is 1.31. The van der Waals surface area contributed by atoms with E-state index in [1.165, 1.54) is 31.4 Å². The molecule has 0 amide bonds. The minimum absolute atomic E-state index is 0.101. The van der Waals surface area contributed by atoms with Gasteiger partial charge in [0.05, 0.1) is 24.2 Å². The number of nitro groups is 1. The molecular weight excluding hydrogens is 238 g/mol. The van der Waals surface area contributed by atoms with Gasteiger partial charge in [0.15, 0.2) is 0 Å². The maximum Gasteiger partial charge on any atom is 0.330 e. The minimum Gasteiger partial charge on any atom is -0.497 e. The number of benzene rings is 1. The first-order valence-corrected chi connectivity index (χ1v) is 5.25. The van der Waals surface area contributed by atoms with Gasteiger partial charge in [-0.2, -0.15) is 0 Å². The Morgan fingerprint density at radius 2 is 2.22 bits per heavy atom. The molecule has 6 heteroatoms. The fraction of sp³-hybridized carbons (Fsp3) is 0.250. The van der Waals surface area contributed by atoms with Crippen LogP contribution in [0.3, 0.4) is 0 Å². The molecule has 0 atom stereocenters. The van der Waals surface area contributed by atoms with Crippen LogP contribution >= 0.6 is 0 Å². The van der Waals surface area contributed by atoms with Crippen molar-refractivity contribution < 1.29 is 19.2 Å². The van der Waals surface area contributed by atoms with E-state index in [4.69, 9.17) is 9.47 Å². The standard InChI is InChI=1S/C12H13NO5/c1-3-18-12(14)7-4-9-8-10(17-2)5-6-11(9)13(15)16/h4-8H,3H2,1-2H3. The Morgan fingerprint density at radius 3 is 2.78 bits per heavy atom. The van der Waals surface area contributed by atoms with Gasteiger partial charge in [-0.05, 0) is 25.1 Å². The van der Waals surface area contributed by atoms with Crippen molar-refractivity contribution in [1.29, 1.82) is 0 Å². The van der Waals surface area contributed by atoms with Crippen LogP contribution in [0.2, 0.25) is 0 Å². The van der Waals surface area contributed by atoms with E-state index in [0.717, 1.165) is 6.08 Å². The van der Waals surface area contributed by atoms with Crippen molar-refractivity contribution >= 4 is 17.7 Å². The number of hydrogen-bond acceptors (Lipinski definition) is 5. The number of carbonyl (C=O) groups is 1. The van der Waals surface area contributed by atoms with Gasteiger partial charge in [0.25, 0.3) is 5.69 Å². The average Bonchev–Trinajstić information content (AvgIpc) is 2.36. The largest absolute Gasteiger partial charge is 0.497 e. The number of hydrogen-bond donors (Lipinski definition) is 0. The van der Waals surface area contributed by atoms with Gasteiger partial charge in [0.2, 0.25) is 0 Å². The molecule has 1 rings (SSSR count). The molecule has 0 radical (unpaired) electrons. The van der Waals surface area contributed by atoms with Crippen molar-refractivity contribution in [1.82, 2.24) is 0 Å². The first-order valence-electron chi connectivity index (χ1n) is 5.25. The van der Waals surface area contributed by atoms with Crippen LogP contribution < -0.4 is 4.74 Å². The molecule has 0 aliphatic heterocycles. The van der Waals surface area contributed by atoms with Crippen molar-refractivity contribution in [2.75, 3.05) is 13.7 Å². The molecular formula is C12H13NO5. The second-order valence-electron chi connectivity index (χ2n) is 3.27. The topological polar surface area (TPSA) is 78.7 Å². The fourth-order valence-corrected chi connectivity index (χ4v) is 1.31. The van der Waals surface area contributed by atoms with Crippen LogP contribution in [0.5, 0.6) is 5.75 Å². The zero-order valence-electron chi connectivity index (χ0n) is 10.1. The Balaban J connectivity index is 3.04. The Bertz CT molecular complexity index is 481. The summed E-state index contributed by atoms with van der Waals surface area (Å²) in [5, 5.41) is 10.8. The Labute approximate surface area is 104 Å². The number of nitrogens with zero attached hydrogens (tertiary/aromatic N) is 1. The van der Waals surface area contributed by atoms with Gasteiger partial charge in [0.1, 0.15) is 5.75 Å². The molecule has 0 bridgehead atoms. The maximum atomic E-state index is 11.1. The molecule has 0 saturated heterocycles. The predicted molar refractivity (Wildman–Crippen MR) is 65.3 cm³/mol. The van der Waals surface area contributed by atoms with E-state index in [1.54, 1.807) is 6.92 Å². The summed E-state index contributed by atoms with van der Waals surface area (Å²) in [7, 11) is 1.46. The van der Waals surface area contributed by atoms with Crippen molar-refractivity contribution in [3.8, 4) is 5.75 Å². The third-order valence-corrected chi connectivity index (χ3v) is 2.12. The lowest BCUT2D eigenvalue weighted by Crippen LogP contribution is -1.99. The molecule has 1 aromatic carbocycles. The van der Waals surface area contributed by atoms with Crippen molar-refractivity contribution in [3.63, 3.8) is 0 Å². The zero-order chi connectivity index (χ0) is 13.5. The Morgan fingerprint density at radius 1 is 1.50 bits per heavy atom. The molecule has 18 heavy (non-hydrogen) atoms. The Hall–Kier alpha value is -2.37. The summed E-state index contributed by atoms with van der Waals surface area (Å²) < 4.78 is 9.66. The van der Waals surface area contributed by atoms with Gasteiger partial charge < -0.3 is 9.47 Å². The number of esters is 1. The summed E-state index contributed by atoms with van der Waals surface area (Å²) in [4.78, 5) is 21.4. The van der Waals surface area contributed by atoms with Crippen LogP contribution in [0.25, 0.3) is 6.08 Å². The van der Waals surface area contributed by atoms with Gasteiger partial charge in [0, 0.05) is 12.1 Å². The van der Waals surface area contributed by atoms with Crippen LogP contribution in [0.15, 0.2) is 24.3 Å². The Kier molecular flexibility index (Phi) is 4.86. The summed E-state index contributed by atoms with van der Waals surface area (Å²) in [6, 6.07) is 4.29. The highest BCUT2D eigenvalue weighted by atomic mass is 16.6.